The molecule has 0 radical (unpaired) electrons. The molecule has 0 fully saturated rings. The number of hydrogen-bond acceptors (Lipinski definition) is 3. The molecule has 2 aromatic carbocycles. The van der Waals surface area contributed by atoms with Crippen molar-refractivity contribution >= 4 is 35.5 Å². The Bertz CT molecular complexity index is 673. The molecule has 0 spiro atoms. The Morgan fingerprint density at radius 2 is 1.95 bits per heavy atom. The summed E-state index contributed by atoms with van der Waals surface area (Å²) in [6.07, 6.45) is 1.55. The fourth-order valence-electron chi connectivity index (χ4n) is 1.81. The second-order valence-electron chi connectivity index (χ2n) is 4.73. The van der Waals surface area contributed by atoms with E-state index in [4.69, 9.17) is 11.6 Å². The van der Waals surface area contributed by atoms with Crippen LogP contribution in [0.2, 0.25) is 5.02 Å². The molecule has 0 saturated carbocycles. The van der Waals surface area contributed by atoms with Crippen molar-refractivity contribution in [2.75, 3.05) is 5.75 Å². The van der Waals surface area contributed by atoms with Gasteiger partial charge in [0.1, 0.15) is 0 Å². The van der Waals surface area contributed by atoms with Crippen molar-refractivity contribution in [3.05, 3.63) is 70.2 Å². The number of hydrogen-bond donors (Lipinski definition) is 1. The van der Waals surface area contributed by atoms with Gasteiger partial charge in [-0.1, -0.05) is 54.1 Å². The van der Waals surface area contributed by atoms with Crippen molar-refractivity contribution < 1.29 is 4.79 Å². The summed E-state index contributed by atoms with van der Waals surface area (Å²) < 4.78 is 0. The second kappa shape index (κ2) is 8.61. The molecule has 3 nitrogen and oxygen atoms in total. The van der Waals surface area contributed by atoms with Gasteiger partial charge in [0.15, 0.2) is 0 Å². The Hall–Kier alpha value is -1.78. The lowest BCUT2D eigenvalue weighted by molar-refractivity contribution is -0.118. The Morgan fingerprint density at radius 1 is 1.23 bits per heavy atom. The number of carbonyl (C=O) groups is 1. The van der Waals surface area contributed by atoms with E-state index >= 15 is 0 Å². The molecule has 0 saturated heterocycles. The van der Waals surface area contributed by atoms with E-state index in [-0.39, 0.29) is 5.91 Å². The number of nitrogens with zero attached hydrogens (tertiary/aromatic N) is 1. The first-order valence-electron chi connectivity index (χ1n) is 6.85. The predicted molar refractivity (Wildman–Crippen MR) is 94.5 cm³/mol. The van der Waals surface area contributed by atoms with Gasteiger partial charge in [0.05, 0.1) is 12.0 Å². The molecule has 114 valence electrons. The molecule has 0 heterocycles. The maximum Gasteiger partial charge on any atom is 0.250 e. The molecule has 22 heavy (non-hydrogen) atoms. The van der Waals surface area contributed by atoms with E-state index in [9.17, 15) is 4.79 Å². The average Bonchev–Trinajstić information content (AvgIpc) is 2.51. The topological polar surface area (TPSA) is 41.5 Å². The molecule has 0 atom stereocenters. The predicted octanol–water partition coefficient (Wildman–Crippen LogP) is 4.03. The molecule has 5 heteroatoms. The third kappa shape index (κ3) is 5.20. The molecule has 0 aromatic heterocycles. The lowest BCUT2D eigenvalue weighted by Gasteiger charge is -2.04. The summed E-state index contributed by atoms with van der Waals surface area (Å²) >= 11 is 7.56. The lowest BCUT2D eigenvalue weighted by atomic mass is 10.1. The summed E-state index contributed by atoms with van der Waals surface area (Å²) in [5.74, 6) is 1.06. The van der Waals surface area contributed by atoms with Crippen LogP contribution in [0.4, 0.5) is 0 Å². The smallest absolute Gasteiger partial charge is 0.250 e. The quantitative estimate of drug-likeness (QED) is 0.641. The van der Waals surface area contributed by atoms with E-state index in [1.54, 1.807) is 24.0 Å². The van der Waals surface area contributed by atoms with Gasteiger partial charge in [-0.05, 0) is 24.1 Å². The molecule has 1 N–H and O–H groups in total. The molecule has 2 rings (SSSR count). The SMILES string of the molecule is Cc1ccccc1CSCC(=O)NN=Cc1ccccc1Cl. The van der Waals surface area contributed by atoms with Crippen LogP contribution in [0.15, 0.2) is 53.6 Å². The molecule has 0 aliphatic carbocycles. The number of rotatable bonds is 6. The Labute approximate surface area is 139 Å². The van der Waals surface area contributed by atoms with Crippen LogP contribution in [0.5, 0.6) is 0 Å². The zero-order valence-corrected chi connectivity index (χ0v) is 13.8. The number of halogens is 1. The number of hydrazone groups is 1. The summed E-state index contributed by atoms with van der Waals surface area (Å²) in [6.45, 7) is 2.07. The Balaban J connectivity index is 1.75. The van der Waals surface area contributed by atoms with Gasteiger partial charge >= 0.3 is 0 Å². The highest BCUT2D eigenvalue weighted by molar-refractivity contribution is 7.99. The van der Waals surface area contributed by atoms with Gasteiger partial charge in [0, 0.05) is 16.3 Å². The van der Waals surface area contributed by atoms with E-state index in [0.29, 0.717) is 10.8 Å². The number of nitrogens with one attached hydrogen (secondary N) is 1. The summed E-state index contributed by atoms with van der Waals surface area (Å²) in [5.41, 5.74) is 5.78. The zero-order chi connectivity index (χ0) is 15.8. The number of aryl methyl sites for hydroxylation is 1. The number of amides is 1. The molecule has 0 bridgehead atoms. The van der Waals surface area contributed by atoms with E-state index in [1.807, 2.05) is 30.3 Å². The maximum absolute atomic E-state index is 11.7. The number of thioether (sulfide) groups is 1. The first-order valence-corrected chi connectivity index (χ1v) is 8.39. The minimum atomic E-state index is -0.123. The number of carbonyl (C=O) groups excluding carboxylic acids is 1. The molecular weight excluding hydrogens is 316 g/mol. The fourth-order valence-corrected chi connectivity index (χ4v) is 2.89. The molecule has 1 amide bonds. The van der Waals surface area contributed by atoms with Crippen LogP contribution >= 0.6 is 23.4 Å². The van der Waals surface area contributed by atoms with E-state index in [0.717, 1.165) is 11.3 Å². The normalized spacial score (nSPS) is 10.8. The van der Waals surface area contributed by atoms with Crippen molar-refractivity contribution in [1.29, 1.82) is 0 Å². The van der Waals surface area contributed by atoms with Gasteiger partial charge < -0.3 is 0 Å². The highest BCUT2D eigenvalue weighted by atomic mass is 35.5. The van der Waals surface area contributed by atoms with Crippen LogP contribution in [-0.2, 0) is 10.5 Å². The minimum Gasteiger partial charge on any atom is -0.272 e. The fraction of sp³-hybridized carbons (Fsp3) is 0.176. The van der Waals surface area contributed by atoms with Gasteiger partial charge in [-0.3, -0.25) is 4.79 Å². The van der Waals surface area contributed by atoms with Gasteiger partial charge in [-0.2, -0.15) is 5.10 Å². The van der Waals surface area contributed by atoms with E-state index < -0.39 is 0 Å². The van der Waals surface area contributed by atoms with Crippen molar-refractivity contribution in [1.82, 2.24) is 5.43 Å². The van der Waals surface area contributed by atoms with Crippen molar-refractivity contribution in [3.63, 3.8) is 0 Å². The molecule has 2 aromatic rings. The zero-order valence-electron chi connectivity index (χ0n) is 12.3. The van der Waals surface area contributed by atoms with Crippen LogP contribution in [0.3, 0.4) is 0 Å². The minimum absolute atomic E-state index is 0.123. The van der Waals surface area contributed by atoms with Crippen LogP contribution < -0.4 is 5.43 Å². The average molecular weight is 333 g/mol. The third-order valence-corrected chi connectivity index (χ3v) is 4.38. The van der Waals surface area contributed by atoms with Crippen molar-refractivity contribution in [3.8, 4) is 0 Å². The van der Waals surface area contributed by atoms with Crippen LogP contribution in [0, 0.1) is 6.92 Å². The van der Waals surface area contributed by atoms with Gasteiger partial charge in [0.2, 0.25) is 5.91 Å². The van der Waals surface area contributed by atoms with Crippen LogP contribution in [0.1, 0.15) is 16.7 Å². The lowest BCUT2D eigenvalue weighted by Crippen LogP contribution is -2.19. The highest BCUT2D eigenvalue weighted by Crippen LogP contribution is 2.15. The third-order valence-electron chi connectivity index (χ3n) is 3.05. The van der Waals surface area contributed by atoms with Crippen LogP contribution in [0.25, 0.3) is 0 Å². The van der Waals surface area contributed by atoms with Crippen LogP contribution in [-0.4, -0.2) is 17.9 Å². The summed E-state index contributed by atoms with van der Waals surface area (Å²) in [6, 6.07) is 15.5. The standard InChI is InChI=1S/C17H17ClN2OS/c1-13-6-2-3-8-15(13)11-22-12-17(21)20-19-10-14-7-4-5-9-16(14)18/h2-10H,11-12H2,1H3,(H,20,21). The first kappa shape index (κ1) is 16.6. The number of benzene rings is 2. The Morgan fingerprint density at radius 3 is 2.73 bits per heavy atom. The van der Waals surface area contributed by atoms with E-state index in [1.165, 1.54) is 11.1 Å². The highest BCUT2D eigenvalue weighted by Gasteiger charge is 2.02. The monoisotopic (exact) mass is 332 g/mol. The van der Waals surface area contributed by atoms with Crippen molar-refractivity contribution in [2.45, 2.75) is 12.7 Å². The van der Waals surface area contributed by atoms with Gasteiger partial charge in [0.25, 0.3) is 0 Å². The Kier molecular flexibility index (Phi) is 6.49. The van der Waals surface area contributed by atoms with Crippen molar-refractivity contribution in [2.24, 2.45) is 5.10 Å². The van der Waals surface area contributed by atoms with Gasteiger partial charge in [-0.25, -0.2) is 5.43 Å². The summed E-state index contributed by atoms with van der Waals surface area (Å²) in [7, 11) is 0. The molecule has 0 aliphatic heterocycles. The molecular formula is C17H17ClN2OS. The molecule has 0 aliphatic rings. The summed E-state index contributed by atoms with van der Waals surface area (Å²) in [5, 5.41) is 4.53. The molecule has 0 unspecified atom stereocenters. The van der Waals surface area contributed by atoms with E-state index in [2.05, 4.69) is 29.6 Å². The summed E-state index contributed by atoms with van der Waals surface area (Å²) in [4.78, 5) is 11.7. The largest absolute Gasteiger partial charge is 0.272 e. The maximum atomic E-state index is 11.7. The van der Waals surface area contributed by atoms with Gasteiger partial charge in [-0.15, -0.1) is 11.8 Å². The second-order valence-corrected chi connectivity index (χ2v) is 6.13. The first-order chi connectivity index (χ1) is 10.7.